The van der Waals surface area contributed by atoms with Crippen molar-refractivity contribution in [3.8, 4) is 0 Å². The van der Waals surface area contributed by atoms with Gasteiger partial charge in [-0.2, -0.15) is 0 Å². The van der Waals surface area contributed by atoms with Crippen LogP contribution >= 0.6 is 0 Å². The van der Waals surface area contributed by atoms with Crippen molar-refractivity contribution < 1.29 is 33.6 Å². The maximum atomic E-state index is 11.7. The van der Waals surface area contributed by atoms with Gasteiger partial charge >= 0.3 is 0 Å². The Balaban J connectivity index is 0.000000487. The third-order valence-corrected chi connectivity index (χ3v) is 6.08. The second-order valence-corrected chi connectivity index (χ2v) is 9.39. The lowest BCUT2D eigenvalue weighted by Gasteiger charge is -2.13. The molecule has 218 valence electrons. The Morgan fingerprint density at radius 3 is 1.85 bits per heavy atom. The lowest BCUT2D eigenvalue weighted by atomic mass is 10.1. The molecule has 0 aromatic rings. The van der Waals surface area contributed by atoms with Crippen molar-refractivity contribution in [2.75, 3.05) is 26.2 Å². The van der Waals surface area contributed by atoms with E-state index in [1.807, 2.05) is 0 Å². The molecule has 0 aromatic carbocycles. The summed E-state index contributed by atoms with van der Waals surface area (Å²) >= 11 is 0. The zero-order chi connectivity index (χ0) is 29.2. The Labute approximate surface area is 229 Å². The fourth-order valence-corrected chi connectivity index (χ4v) is 3.80. The van der Waals surface area contributed by atoms with E-state index in [2.05, 4.69) is 17.6 Å². The summed E-state index contributed by atoms with van der Waals surface area (Å²) < 4.78 is 0. The van der Waals surface area contributed by atoms with Gasteiger partial charge in [-0.3, -0.25) is 43.4 Å². The molecule has 1 fully saturated rings. The van der Waals surface area contributed by atoms with Gasteiger partial charge in [0.25, 0.3) is 11.8 Å². The van der Waals surface area contributed by atoms with Crippen LogP contribution in [0.25, 0.3) is 0 Å². The molecule has 13 nitrogen and oxygen atoms in total. The van der Waals surface area contributed by atoms with E-state index in [0.717, 1.165) is 48.4 Å². The van der Waals surface area contributed by atoms with E-state index in [4.69, 9.17) is 11.5 Å². The Morgan fingerprint density at radius 1 is 0.795 bits per heavy atom. The Kier molecular flexibility index (Phi) is 15.9. The standard InChI is InChI=1S/C19H31N3O4.C7H11N3O3/c1-2-3-4-7-13-20-16(23)9-6-5-8-14-21-17(24)12-15-22-18(25)10-11-19(22)26;8-4-3-6(12)10(7(4)13)2-1-5(9)11/h10-11H,2-9,12-15H2,1H3,(H,20,23)(H,21,24);4H,1-3,8H2,(H2,9,11). The Hall–Kier alpha value is -3.61. The van der Waals surface area contributed by atoms with Gasteiger partial charge in [0.1, 0.15) is 0 Å². The van der Waals surface area contributed by atoms with Crippen molar-refractivity contribution in [2.45, 2.75) is 83.6 Å². The molecular weight excluding hydrogens is 508 g/mol. The summed E-state index contributed by atoms with van der Waals surface area (Å²) in [6.45, 7) is 3.60. The highest BCUT2D eigenvalue weighted by atomic mass is 16.2. The minimum absolute atomic E-state index is 0.00972. The number of amides is 7. The Morgan fingerprint density at radius 2 is 1.33 bits per heavy atom. The second kappa shape index (κ2) is 18.6. The first-order valence-corrected chi connectivity index (χ1v) is 13.5. The van der Waals surface area contributed by atoms with E-state index in [0.29, 0.717) is 13.0 Å². The van der Waals surface area contributed by atoms with Crippen LogP contribution in [0.1, 0.15) is 77.6 Å². The number of hydrogen-bond acceptors (Lipinski definition) is 8. The van der Waals surface area contributed by atoms with Crippen molar-refractivity contribution >= 4 is 41.4 Å². The third kappa shape index (κ3) is 13.7. The number of imide groups is 2. The average Bonchev–Trinajstić information content (AvgIpc) is 3.33. The summed E-state index contributed by atoms with van der Waals surface area (Å²) in [5.41, 5.74) is 10.2. The molecule has 6 N–H and O–H groups in total. The summed E-state index contributed by atoms with van der Waals surface area (Å²) in [5.74, 6) is -2.12. The summed E-state index contributed by atoms with van der Waals surface area (Å²) in [6.07, 6.45) is 10.1. The fourth-order valence-electron chi connectivity index (χ4n) is 3.80. The van der Waals surface area contributed by atoms with Gasteiger partial charge < -0.3 is 22.1 Å². The van der Waals surface area contributed by atoms with Crippen molar-refractivity contribution in [1.29, 1.82) is 0 Å². The Bertz CT molecular complexity index is 902. The van der Waals surface area contributed by atoms with Gasteiger partial charge in [-0.1, -0.05) is 32.6 Å². The fraction of sp³-hybridized carbons (Fsp3) is 0.654. The van der Waals surface area contributed by atoms with Crippen LogP contribution in [-0.2, 0) is 33.6 Å². The minimum atomic E-state index is -0.750. The number of nitrogens with two attached hydrogens (primary N) is 2. The molecule has 0 aliphatic carbocycles. The first-order chi connectivity index (χ1) is 18.6. The van der Waals surface area contributed by atoms with Crippen LogP contribution in [0.4, 0.5) is 0 Å². The van der Waals surface area contributed by atoms with Crippen LogP contribution in [-0.4, -0.2) is 83.4 Å². The van der Waals surface area contributed by atoms with Gasteiger partial charge in [0.15, 0.2) is 0 Å². The first kappa shape index (κ1) is 33.4. The number of likely N-dealkylation sites (tertiary alicyclic amines) is 1. The quantitative estimate of drug-likeness (QED) is 0.139. The molecule has 0 radical (unpaired) electrons. The van der Waals surface area contributed by atoms with Crippen molar-refractivity contribution in [2.24, 2.45) is 11.5 Å². The third-order valence-electron chi connectivity index (χ3n) is 6.08. The minimum Gasteiger partial charge on any atom is -0.370 e. The van der Waals surface area contributed by atoms with Gasteiger partial charge in [0.2, 0.25) is 29.5 Å². The zero-order valence-electron chi connectivity index (χ0n) is 22.7. The molecular formula is C26H42N6O7. The number of hydrogen-bond donors (Lipinski definition) is 4. The van der Waals surface area contributed by atoms with E-state index >= 15 is 0 Å². The van der Waals surface area contributed by atoms with Crippen LogP contribution in [0.15, 0.2) is 12.2 Å². The normalized spacial score (nSPS) is 16.4. The number of carbonyl (C=O) groups is 7. The predicted molar refractivity (Wildman–Crippen MR) is 142 cm³/mol. The number of carbonyl (C=O) groups excluding carboxylic acids is 7. The molecule has 2 heterocycles. The topological polar surface area (TPSA) is 202 Å². The largest absolute Gasteiger partial charge is 0.370 e. The smallest absolute Gasteiger partial charge is 0.253 e. The first-order valence-electron chi connectivity index (χ1n) is 13.5. The van der Waals surface area contributed by atoms with E-state index < -0.39 is 17.9 Å². The van der Waals surface area contributed by atoms with Crippen LogP contribution in [0.3, 0.4) is 0 Å². The zero-order valence-corrected chi connectivity index (χ0v) is 22.7. The predicted octanol–water partition coefficient (Wildman–Crippen LogP) is -0.377. The molecule has 1 atom stereocenters. The maximum absolute atomic E-state index is 11.7. The monoisotopic (exact) mass is 550 g/mol. The summed E-state index contributed by atoms with van der Waals surface area (Å²) in [6, 6.07) is -0.750. The number of primary amides is 1. The van der Waals surface area contributed by atoms with E-state index in [-0.39, 0.29) is 61.9 Å². The summed E-state index contributed by atoms with van der Waals surface area (Å²) in [5, 5.41) is 5.70. The van der Waals surface area contributed by atoms with Crippen LogP contribution in [0.5, 0.6) is 0 Å². The van der Waals surface area contributed by atoms with Crippen molar-refractivity contribution in [3.05, 3.63) is 12.2 Å². The van der Waals surface area contributed by atoms with Gasteiger partial charge in [-0.15, -0.1) is 0 Å². The molecule has 0 saturated carbocycles. The summed E-state index contributed by atoms with van der Waals surface area (Å²) in [4.78, 5) is 80.7. The molecule has 1 saturated heterocycles. The summed E-state index contributed by atoms with van der Waals surface area (Å²) in [7, 11) is 0. The molecule has 13 heteroatoms. The average molecular weight is 551 g/mol. The highest BCUT2D eigenvalue weighted by molar-refractivity contribution is 6.13. The molecule has 0 bridgehead atoms. The van der Waals surface area contributed by atoms with E-state index in [1.165, 1.54) is 25.0 Å². The number of unbranched alkanes of at least 4 members (excludes halogenated alkanes) is 5. The highest BCUT2D eigenvalue weighted by Crippen LogP contribution is 2.11. The maximum Gasteiger partial charge on any atom is 0.253 e. The molecule has 2 rings (SSSR count). The molecule has 0 aromatic heterocycles. The van der Waals surface area contributed by atoms with Crippen molar-refractivity contribution in [1.82, 2.24) is 20.4 Å². The van der Waals surface area contributed by atoms with Crippen molar-refractivity contribution in [3.63, 3.8) is 0 Å². The van der Waals surface area contributed by atoms with E-state index in [9.17, 15) is 33.6 Å². The van der Waals surface area contributed by atoms with Gasteiger partial charge in [-0.25, -0.2) is 0 Å². The van der Waals surface area contributed by atoms with Gasteiger partial charge in [0, 0.05) is 57.6 Å². The lowest BCUT2D eigenvalue weighted by Crippen LogP contribution is -2.37. The van der Waals surface area contributed by atoms with Crippen LogP contribution in [0.2, 0.25) is 0 Å². The van der Waals surface area contributed by atoms with E-state index in [1.54, 1.807) is 0 Å². The lowest BCUT2D eigenvalue weighted by molar-refractivity contribution is -0.140. The molecule has 2 aliphatic rings. The van der Waals surface area contributed by atoms with Gasteiger partial charge in [0.05, 0.1) is 12.5 Å². The number of nitrogens with zero attached hydrogens (tertiary/aromatic N) is 2. The molecule has 7 amide bonds. The van der Waals surface area contributed by atoms with Crippen LogP contribution < -0.4 is 22.1 Å². The SMILES string of the molecule is CCCCCCNC(=O)CCCCCNC(=O)CCN1C(=O)C=CC1=O.NC(=O)CCN1C(=O)CC(N)C1=O. The van der Waals surface area contributed by atoms with Gasteiger partial charge in [-0.05, 0) is 19.3 Å². The van der Waals surface area contributed by atoms with Crippen LogP contribution in [0, 0.1) is 0 Å². The highest BCUT2D eigenvalue weighted by Gasteiger charge is 2.35. The number of rotatable bonds is 17. The molecule has 39 heavy (non-hydrogen) atoms. The molecule has 0 spiro atoms. The molecule has 1 unspecified atom stereocenters. The number of nitrogens with one attached hydrogen (secondary N) is 2. The second-order valence-electron chi connectivity index (χ2n) is 9.39. The molecule has 2 aliphatic heterocycles.